The molecule has 0 N–H and O–H groups in total. The van der Waals surface area contributed by atoms with Gasteiger partial charge in [-0.05, 0) is 31.2 Å². The summed E-state index contributed by atoms with van der Waals surface area (Å²) in [5, 5.41) is 0.800. The van der Waals surface area contributed by atoms with Crippen molar-refractivity contribution in [2.24, 2.45) is 0 Å². The van der Waals surface area contributed by atoms with Gasteiger partial charge in [-0.3, -0.25) is 9.78 Å². The second-order valence-electron chi connectivity index (χ2n) is 6.41. The maximum Gasteiger partial charge on any atom is 0.265 e. The van der Waals surface area contributed by atoms with Crippen molar-refractivity contribution in [1.82, 2.24) is 14.9 Å². The van der Waals surface area contributed by atoms with Crippen LogP contribution >= 0.6 is 11.3 Å². The molecule has 1 aliphatic heterocycles. The molecule has 0 saturated carbocycles. The summed E-state index contributed by atoms with van der Waals surface area (Å²) in [6.07, 6.45) is 3.46. The molecule has 3 heterocycles. The molecule has 5 nitrogen and oxygen atoms in total. The van der Waals surface area contributed by atoms with E-state index in [0.29, 0.717) is 36.7 Å². The second-order valence-corrected chi connectivity index (χ2v) is 7.40. The van der Waals surface area contributed by atoms with Gasteiger partial charge in [-0.25, -0.2) is 9.37 Å². The van der Waals surface area contributed by atoms with E-state index in [1.807, 2.05) is 34.9 Å². The molecule has 2 aromatic heterocycles. The quantitative estimate of drug-likeness (QED) is 0.694. The average Bonchev–Trinajstić information content (AvgIpc) is 3.10. The molecular weight excluding hydrogens is 363 g/mol. The van der Waals surface area contributed by atoms with E-state index >= 15 is 0 Å². The van der Waals surface area contributed by atoms with Crippen LogP contribution in [0.2, 0.25) is 0 Å². The standard InChI is InChI=1S/C20H19FN4OS/c1-14-18(27-19(23-14)15-5-4-8-22-13-15)20(26)25-11-9-24(10-12-25)17-7-3-2-6-16(17)21/h2-8,13H,9-12H2,1H3. The zero-order valence-corrected chi connectivity index (χ0v) is 15.7. The highest BCUT2D eigenvalue weighted by Gasteiger charge is 2.26. The van der Waals surface area contributed by atoms with Crippen molar-refractivity contribution in [1.29, 1.82) is 0 Å². The number of carbonyl (C=O) groups is 1. The van der Waals surface area contributed by atoms with Gasteiger partial charge in [-0.15, -0.1) is 11.3 Å². The van der Waals surface area contributed by atoms with E-state index in [0.717, 1.165) is 16.3 Å². The zero-order chi connectivity index (χ0) is 18.8. The Balaban J connectivity index is 1.47. The largest absolute Gasteiger partial charge is 0.366 e. The number of piperazine rings is 1. The summed E-state index contributed by atoms with van der Waals surface area (Å²) in [5.74, 6) is -0.231. The third-order valence-corrected chi connectivity index (χ3v) is 5.85. The number of hydrogen-bond acceptors (Lipinski definition) is 5. The number of benzene rings is 1. The van der Waals surface area contributed by atoms with Crippen molar-refractivity contribution in [3.8, 4) is 10.6 Å². The summed E-state index contributed by atoms with van der Waals surface area (Å²) in [7, 11) is 0. The van der Waals surface area contributed by atoms with Gasteiger partial charge in [0.05, 0.1) is 11.4 Å². The molecule has 27 heavy (non-hydrogen) atoms. The SMILES string of the molecule is Cc1nc(-c2cccnc2)sc1C(=O)N1CCN(c2ccccc2F)CC1. The number of carbonyl (C=O) groups excluding carboxylic acids is 1. The molecule has 7 heteroatoms. The number of amides is 1. The second kappa shape index (κ2) is 7.44. The number of nitrogens with zero attached hydrogens (tertiary/aromatic N) is 4. The first kappa shape index (κ1) is 17.6. The molecule has 0 aliphatic carbocycles. The zero-order valence-electron chi connectivity index (χ0n) is 14.9. The van der Waals surface area contributed by atoms with Crippen molar-refractivity contribution in [3.63, 3.8) is 0 Å². The highest BCUT2D eigenvalue weighted by Crippen LogP contribution is 2.29. The van der Waals surface area contributed by atoms with Gasteiger partial charge in [-0.1, -0.05) is 12.1 Å². The maximum atomic E-state index is 14.0. The van der Waals surface area contributed by atoms with Gasteiger partial charge in [-0.2, -0.15) is 0 Å². The summed E-state index contributed by atoms with van der Waals surface area (Å²) in [4.78, 5) is 26.1. The van der Waals surface area contributed by atoms with Gasteiger partial charge < -0.3 is 9.80 Å². The number of para-hydroxylation sites is 1. The number of aryl methyl sites for hydroxylation is 1. The first-order valence-electron chi connectivity index (χ1n) is 8.80. The fraction of sp³-hybridized carbons (Fsp3) is 0.250. The lowest BCUT2D eigenvalue weighted by atomic mass is 10.2. The van der Waals surface area contributed by atoms with Crippen LogP contribution in [0.5, 0.6) is 0 Å². The van der Waals surface area contributed by atoms with E-state index in [1.165, 1.54) is 17.4 Å². The third-order valence-electron chi connectivity index (χ3n) is 4.66. The molecule has 0 bridgehead atoms. The number of pyridine rings is 1. The van der Waals surface area contributed by atoms with Gasteiger partial charge in [0.25, 0.3) is 5.91 Å². The summed E-state index contributed by atoms with van der Waals surface area (Å²) in [6.45, 7) is 4.21. The molecule has 3 aromatic rings. The Morgan fingerprint density at radius 3 is 2.59 bits per heavy atom. The number of aromatic nitrogens is 2. The minimum absolute atomic E-state index is 0.00618. The Labute approximate surface area is 161 Å². The highest BCUT2D eigenvalue weighted by molar-refractivity contribution is 7.17. The number of anilines is 1. The van der Waals surface area contributed by atoms with E-state index in [2.05, 4.69) is 9.97 Å². The summed E-state index contributed by atoms with van der Waals surface area (Å²) < 4.78 is 14.0. The first-order valence-corrected chi connectivity index (χ1v) is 9.61. The third kappa shape index (κ3) is 3.55. The van der Waals surface area contributed by atoms with Crippen molar-refractivity contribution >= 4 is 22.9 Å². The Morgan fingerprint density at radius 1 is 1.11 bits per heavy atom. The Morgan fingerprint density at radius 2 is 1.89 bits per heavy atom. The minimum atomic E-state index is -0.225. The van der Waals surface area contributed by atoms with Crippen LogP contribution in [0.4, 0.5) is 10.1 Å². The number of hydrogen-bond donors (Lipinski definition) is 0. The number of halogens is 1. The van der Waals surface area contributed by atoms with Crippen molar-refractivity contribution in [2.45, 2.75) is 6.92 Å². The van der Waals surface area contributed by atoms with Gasteiger partial charge in [0.15, 0.2) is 0 Å². The molecule has 1 aromatic carbocycles. The highest BCUT2D eigenvalue weighted by atomic mass is 32.1. The average molecular weight is 382 g/mol. The molecule has 1 aliphatic rings. The Bertz CT molecular complexity index is 952. The molecule has 1 amide bonds. The molecule has 0 unspecified atom stereocenters. The predicted octanol–water partition coefficient (Wildman–Crippen LogP) is 3.62. The summed E-state index contributed by atoms with van der Waals surface area (Å²) in [5.41, 5.74) is 2.24. The van der Waals surface area contributed by atoms with E-state index in [9.17, 15) is 9.18 Å². The molecular formula is C20H19FN4OS. The topological polar surface area (TPSA) is 49.3 Å². The molecule has 138 valence electrons. The lowest BCUT2D eigenvalue weighted by molar-refractivity contribution is 0.0750. The van der Waals surface area contributed by atoms with E-state index in [1.54, 1.807) is 24.5 Å². The summed E-state index contributed by atoms with van der Waals surface area (Å²) >= 11 is 1.40. The minimum Gasteiger partial charge on any atom is -0.366 e. The predicted molar refractivity (Wildman–Crippen MR) is 105 cm³/mol. The van der Waals surface area contributed by atoms with E-state index < -0.39 is 0 Å². The Kier molecular flexibility index (Phi) is 4.85. The lowest BCUT2D eigenvalue weighted by Gasteiger charge is -2.36. The van der Waals surface area contributed by atoms with Crippen LogP contribution < -0.4 is 4.90 Å². The molecule has 0 spiro atoms. The van der Waals surface area contributed by atoms with E-state index in [4.69, 9.17) is 0 Å². The lowest BCUT2D eigenvalue weighted by Crippen LogP contribution is -2.49. The monoisotopic (exact) mass is 382 g/mol. The fourth-order valence-corrected chi connectivity index (χ4v) is 4.23. The first-order chi connectivity index (χ1) is 13.1. The van der Waals surface area contributed by atoms with Crippen LogP contribution in [-0.2, 0) is 0 Å². The molecule has 1 saturated heterocycles. The van der Waals surface area contributed by atoms with E-state index in [-0.39, 0.29) is 11.7 Å². The molecule has 1 fully saturated rings. The number of thiazole rings is 1. The van der Waals surface area contributed by atoms with Crippen LogP contribution in [-0.4, -0.2) is 47.0 Å². The smallest absolute Gasteiger partial charge is 0.265 e. The van der Waals surface area contributed by atoms with Gasteiger partial charge >= 0.3 is 0 Å². The molecule has 4 rings (SSSR count). The van der Waals surface area contributed by atoms with Gasteiger partial charge in [0, 0.05) is 44.1 Å². The summed E-state index contributed by atoms with van der Waals surface area (Å²) in [6, 6.07) is 10.6. The normalized spacial score (nSPS) is 14.4. The number of rotatable bonds is 3. The van der Waals surface area contributed by atoms with Crippen molar-refractivity contribution in [3.05, 3.63) is 65.2 Å². The van der Waals surface area contributed by atoms with Crippen LogP contribution in [0, 0.1) is 12.7 Å². The molecule has 0 atom stereocenters. The molecule has 0 radical (unpaired) electrons. The fourth-order valence-electron chi connectivity index (χ4n) is 3.21. The van der Waals surface area contributed by atoms with Gasteiger partial charge in [0.2, 0.25) is 0 Å². The Hall–Kier alpha value is -2.80. The van der Waals surface area contributed by atoms with Crippen LogP contribution in [0.3, 0.4) is 0 Å². The van der Waals surface area contributed by atoms with Gasteiger partial charge in [0.1, 0.15) is 15.7 Å². The van der Waals surface area contributed by atoms with Crippen LogP contribution in [0.1, 0.15) is 15.4 Å². The maximum absolute atomic E-state index is 14.0. The van der Waals surface area contributed by atoms with Crippen molar-refractivity contribution < 1.29 is 9.18 Å². The van der Waals surface area contributed by atoms with Crippen LogP contribution in [0.15, 0.2) is 48.8 Å². The van der Waals surface area contributed by atoms with Crippen LogP contribution in [0.25, 0.3) is 10.6 Å². The van der Waals surface area contributed by atoms with Crippen molar-refractivity contribution in [2.75, 3.05) is 31.1 Å².